The molecule has 3 aliphatic rings. The quantitative estimate of drug-likeness (QED) is 0.0410. The van der Waals surface area contributed by atoms with Crippen molar-refractivity contribution >= 4 is 120 Å². The van der Waals surface area contributed by atoms with Gasteiger partial charge in [0.1, 0.15) is 11.4 Å². The van der Waals surface area contributed by atoms with E-state index in [1.54, 1.807) is 41.3 Å². The van der Waals surface area contributed by atoms with E-state index in [4.69, 9.17) is 16.3 Å². The van der Waals surface area contributed by atoms with E-state index in [0.717, 1.165) is 37.0 Å². The number of nitrogens with one attached hydrogen (secondary N) is 6. The van der Waals surface area contributed by atoms with Crippen molar-refractivity contribution in [3.05, 3.63) is 101 Å². The first-order chi connectivity index (χ1) is 35.2. The van der Waals surface area contributed by atoms with Gasteiger partial charge in [-0.05, 0) is 72.7 Å². The van der Waals surface area contributed by atoms with Crippen LogP contribution in [0.15, 0.2) is 78.2 Å². The van der Waals surface area contributed by atoms with E-state index in [2.05, 4.69) is 31.2 Å². The second-order valence-electron chi connectivity index (χ2n) is 17.9. The zero-order valence-corrected chi connectivity index (χ0v) is 41.2. The SMILES string of the molecule is Cc1csc2c(OC(=O)N3CCN(C(=O)CNC(=O)CNC(=O)CNC(=O)CCCCCN4C(=O)C=CC4=O)CC3)cc3c(c12)[C@@H](CCl)CN3C(=O)c1cc2cc(NC(=O)c3cc4ccccc4[nH]3)ccc2[nH]1. The molecule has 6 heterocycles. The van der Waals surface area contributed by atoms with Crippen molar-refractivity contribution < 1.29 is 47.9 Å². The Morgan fingerprint density at radius 1 is 0.753 bits per heavy atom. The van der Waals surface area contributed by atoms with Crippen LogP contribution in [0.1, 0.15) is 63.7 Å². The summed E-state index contributed by atoms with van der Waals surface area (Å²) in [6.07, 6.45) is 3.60. The molecule has 0 radical (unpaired) electrons. The van der Waals surface area contributed by atoms with Crippen molar-refractivity contribution in [3.63, 3.8) is 0 Å². The van der Waals surface area contributed by atoms with Gasteiger partial charge in [0.05, 0.1) is 30.0 Å². The summed E-state index contributed by atoms with van der Waals surface area (Å²) in [6, 6.07) is 18.2. The van der Waals surface area contributed by atoms with Gasteiger partial charge in [0.25, 0.3) is 23.6 Å². The molecule has 0 bridgehead atoms. The topological polar surface area (TPSA) is 256 Å². The Labute approximate surface area is 426 Å². The summed E-state index contributed by atoms with van der Waals surface area (Å²) in [5.41, 5.74) is 5.26. The predicted molar refractivity (Wildman–Crippen MR) is 274 cm³/mol. The second kappa shape index (κ2) is 21.8. The lowest BCUT2D eigenvalue weighted by molar-refractivity contribution is -0.137. The molecule has 3 aromatic heterocycles. The molecule has 73 heavy (non-hydrogen) atoms. The van der Waals surface area contributed by atoms with Gasteiger partial charge in [-0.3, -0.25) is 43.3 Å². The summed E-state index contributed by atoms with van der Waals surface area (Å²) in [5.74, 6) is -2.94. The summed E-state index contributed by atoms with van der Waals surface area (Å²) in [5, 5.41) is 14.8. The fraction of sp³-hybridized carbons (Fsp3) is 0.314. The van der Waals surface area contributed by atoms with Gasteiger partial charge < -0.3 is 50.7 Å². The maximum absolute atomic E-state index is 14.4. The lowest BCUT2D eigenvalue weighted by Gasteiger charge is -2.34. The number of para-hydroxylation sites is 1. The van der Waals surface area contributed by atoms with Gasteiger partial charge >= 0.3 is 6.09 Å². The predicted octanol–water partition coefficient (Wildman–Crippen LogP) is 4.88. The van der Waals surface area contributed by atoms with Crippen LogP contribution in [0, 0.1) is 6.92 Å². The Balaban J connectivity index is 0.746. The summed E-state index contributed by atoms with van der Waals surface area (Å²) in [6.45, 7) is 2.10. The van der Waals surface area contributed by atoms with Crippen molar-refractivity contribution in [2.24, 2.45) is 0 Å². The third-order valence-electron chi connectivity index (χ3n) is 13.0. The van der Waals surface area contributed by atoms with Crippen LogP contribution in [0.3, 0.4) is 0 Å². The number of ether oxygens (including phenoxy) is 1. The maximum Gasteiger partial charge on any atom is 0.415 e. The molecule has 0 aliphatic carbocycles. The number of benzene rings is 3. The number of amides is 9. The van der Waals surface area contributed by atoms with Crippen molar-refractivity contribution in [2.75, 3.05) is 75.0 Å². The van der Waals surface area contributed by atoms with Crippen molar-refractivity contribution in [1.82, 2.24) is 40.6 Å². The van der Waals surface area contributed by atoms with Gasteiger partial charge in [-0.15, -0.1) is 22.9 Å². The molecule has 9 amide bonds. The number of carbonyl (C=O) groups excluding carboxylic acids is 9. The molecule has 0 saturated carbocycles. The first-order valence-electron chi connectivity index (χ1n) is 23.8. The standard InChI is InChI=1S/C51H51ClN10O10S/c1-29-28-73-48-39(72-51(71)60-17-15-59(16-18-60)45(68)26-55-42(65)25-54-41(64)24-53-40(63)9-3-2-6-14-61-43(66)12-13-44(61)67)22-38-47(46(29)48)32(23-52)27-62(38)50(70)37-21-31-19-33(10-11-35(31)58-37)56-49(69)36-20-30-7-4-5-8-34(30)57-36/h4-5,7-8,10-13,19-22,28,32,57-58H,2-3,6,9,14-18,23-27H2,1H3,(H,53,63)(H,54,64)(H,55,65)(H,56,69)/t32-/m0/s1. The molecule has 6 N–H and O–H groups in total. The number of halogens is 1. The van der Waals surface area contributed by atoms with Crippen molar-refractivity contribution in [2.45, 2.75) is 38.5 Å². The first kappa shape index (κ1) is 49.9. The highest BCUT2D eigenvalue weighted by Crippen LogP contribution is 2.49. The number of aromatic nitrogens is 2. The van der Waals surface area contributed by atoms with Gasteiger partial charge in [0.15, 0.2) is 5.75 Å². The lowest BCUT2D eigenvalue weighted by Crippen LogP contribution is -2.53. The number of hydrogen-bond acceptors (Lipinski definition) is 11. The number of anilines is 2. The number of alkyl halides is 1. The van der Waals surface area contributed by atoms with Crippen LogP contribution < -0.4 is 30.9 Å². The average molecular weight is 1030 g/mol. The minimum absolute atomic E-state index is 0.146. The minimum atomic E-state index is -0.629. The fourth-order valence-corrected chi connectivity index (χ4v) is 10.5. The van der Waals surface area contributed by atoms with Crippen LogP contribution in [0.4, 0.5) is 16.2 Å². The van der Waals surface area contributed by atoms with E-state index in [1.165, 1.54) is 33.3 Å². The van der Waals surface area contributed by atoms with E-state index >= 15 is 0 Å². The van der Waals surface area contributed by atoms with Crippen molar-refractivity contribution in [3.8, 4) is 5.75 Å². The van der Waals surface area contributed by atoms with Gasteiger partial charge in [-0.2, -0.15) is 0 Å². The molecule has 1 atom stereocenters. The highest BCUT2D eigenvalue weighted by molar-refractivity contribution is 7.17. The Kier molecular flexibility index (Phi) is 14.9. The molecule has 3 aliphatic heterocycles. The van der Waals surface area contributed by atoms with Gasteiger partial charge in [-0.1, -0.05) is 24.6 Å². The van der Waals surface area contributed by atoms with Gasteiger partial charge in [-0.25, -0.2) is 4.79 Å². The molecule has 378 valence electrons. The second-order valence-corrected chi connectivity index (χ2v) is 19.1. The van der Waals surface area contributed by atoms with E-state index in [1.807, 2.05) is 36.6 Å². The van der Waals surface area contributed by atoms with E-state index in [9.17, 15) is 43.2 Å². The van der Waals surface area contributed by atoms with E-state index < -0.39 is 24.5 Å². The molecule has 22 heteroatoms. The molecular weight excluding hydrogens is 980 g/mol. The zero-order valence-electron chi connectivity index (χ0n) is 39.6. The average Bonchev–Trinajstić information content (AvgIpc) is 4.24. The summed E-state index contributed by atoms with van der Waals surface area (Å²) < 4.78 is 6.83. The number of rotatable bonds is 17. The number of fused-ring (bicyclic) bond motifs is 5. The first-order valence-corrected chi connectivity index (χ1v) is 25.2. The number of imide groups is 1. The summed E-state index contributed by atoms with van der Waals surface area (Å²) in [7, 11) is 0. The van der Waals surface area contributed by atoms with Crippen LogP contribution >= 0.6 is 22.9 Å². The maximum atomic E-state index is 14.4. The Morgan fingerprint density at radius 3 is 2.16 bits per heavy atom. The lowest BCUT2D eigenvalue weighted by atomic mass is 9.97. The van der Waals surface area contributed by atoms with Gasteiger partial charge in [0.2, 0.25) is 23.6 Å². The molecule has 3 aromatic carbocycles. The highest BCUT2D eigenvalue weighted by atomic mass is 35.5. The molecule has 9 rings (SSSR count). The number of hydrogen-bond donors (Lipinski definition) is 6. The van der Waals surface area contributed by atoms with Crippen LogP contribution in [0.5, 0.6) is 5.75 Å². The van der Waals surface area contributed by atoms with Crippen molar-refractivity contribution in [1.29, 1.82) is 0 Å². The number of aromatic amines is 2. The molecule has 0 spiro atoms. The van der Waals surface area contributed by atoms with E-state index in [0.29, 0.717) is 59.5 Å². The van der Waals surface area contributed by atoms with Gasteiger partial charge in [0, 0.05) is 109 Å². The zero-order chi connectivity index (χ0) is 51.3. The smallest absolute Gasteiger partial charge is 0.409 e. The van der Waals surface area contributed by atoms with Crippen LogP contribution in [0.2, 0.25) is 0 Å². The third-order valence-corrected chi connectivity index (χ3v) is 14.5. The van der Waals surface area contributed by atoms with Crippen LogP contribution in [-0.4, -0.2) is 143 Å². The Bertz CT molecular complexity index is 3190. The molecule has 0 unspecified atom stereocenters. The van der Waals surface area contributed by atoms with Crippen LogP contribution in [0.25, 0.3) is 31.9 Å². The number of carbonyl (C=O) groups is 9. The fourth-order valence-electron chi connectivity index (χ4n) is 9.20. The normalized spacial score (nSPS) is 15.3. The Morgan fingerprint density at radius 2 is 1.42 bits per heavy atom. The number of thiophene rings is 1. The number of piperazine rings is 1. The highest BCUT2D eigenvalue weighted by Gasteiger charge is 2.37. The molecule has 1 fully saturated rings. The van der Waals surface area contributed by atoms with Crippen LogP contribution in [-0.2, 0) is 28.8 Å². The number of H-pyrrole nitrogens is 2. The molecular formula is C51H51ClN10O10S. The summed E-state index contributed by atoms with van der Waals surface area (Å²) in [4.78, 5) is 127. The third kappa shape index (κ3) is 11.1. The minimum Gasteiger partial charge on any atom is -0.409 e. The Hall–Kier alpha value is -8.04. The largest absolute Gasteiger partial charge is 0.415 e. The molecule has 1 saturated heterocycles. The monoisotopic (exact) mass is 1030 g/mol. The van der Waals surface area contributed by atoms with E-state index in [-0.39, 0.29) is 105 Å². The number of unbranched alkanes of at least 4 members (excludes halogenated alkanes) is 2. The summed E-state index contributed by atoms with van der Waals surface area (Å²) >= 11 is 8.00. The molecule has 20 nitrogen and oxygen atoms in total. The number of aryl methyl sites for hydroxylation is 1. The number of nitrogens with zero attached hydrogens (tertiary/aromatic N) is 4. The molecule has 6 aromatic rings.